The van der Waals surface area contributed by atoms with Gasteiger partial charge in [0, 0.05) is 11.8 Å². The predicted molar refractivity (Wildman–Crippen MR) is 100 cm³/mol. The summed E-state index contributed by atoms with van der Waals surface area (Å²) in [4.78, 5) is 0. The Balaban J connectivity index is 1.78. The van der Waals surface area contributed by atoms with E-state index in [2.05, 4.69) is 0 Å². The third-order valence-corrected chi connectivity index (χ3v) is 5.57. The van der Waals surface area contributed by atoms with Crippen LogP contribution in [0.1, 0.15) is 0 Å². The molecule has 23 heavy (non-hydrogen) atoms. The normalized spacial score (nSPS) is 13.3. The van der Waals surface area contributed by atoms with Crippen molar-refractivity contribution in [1.82, 2.24) is 0 Å². The zero-order chi connectivity index (χ0) is 16.3. The van der Waals surface area contributed by atoms with Crippen LogP contribution in [0.5, 0.6) is 11.5 Å². The topological polar surface area (TPSA) is 18.5 Å². The Hall–Kier alpha value is -1.03. The molecule has 0 heterocycles. The van der Waals surface area contributed by atoms with E-state index in [0.29, 0.717) is 25.0 Å². The molecule has 2 rings (SSSR count). The van der Waals surface area contributed by atoms with Crippen LogP contribution in [-0.2, 0) is 0 Å². The van der Waals surface area contributed by atoms with Crippen LogP contribution < -0.4 is 9.47 Å². The number of alkyl halides is 2. The highest BCUT2D eigenvalue weighted by Gasteiger charge is 2.17. The summed E-state index contributed by atoms with van der Waals surface area (Å²) in [6, 6.07) is 19.5. The van der Waals surface area contributed by atoms with E-state index in [-0.39, 0.29) is 10.5 Å². The average molecular weight is 371 g/mol. The fourth-order valence-corrected chi connectivity index (χ4v) is 3.52. The Labute approximate surface area is 152 Å². The van der Waals surface area contributed by atoms with Crippen LogP contribution in [0, 0.1) is 0 Å². The van der Waals surface area contributed by atoms with E-state index in [9.17, 15) is 0 Å². The first-order valence-electron chi connectivity index (χ1n) is 7.45. The minimum atomic E-state index is 0.167. The van der Waals surface area contributed by atoms with E-state index < -0.39 is 0 Å². The first-order chi connectivity index (χ1) is 11.3. The zero-order valence-electron chi connectivity index (χ0n) is 12.7. The Morgan fingerprint density at radius 2 is 1.09 bits per heavy atom. The lowest BCUT2D eigenvalue weighted by Crippen LogP contribution is -2.25. The van der Waals surface area contributed by atoms with E-state index in [1.54, 1.807) is 11.8 Å². The maximum atomic E-state index is 6.07. The van der Waals surface area contributed by atoms with Crippen LogP contribution in [0.3, 0.4) is 0 Å². The van der Waals surface area contributed by atoms with Gasteiger partial charge in [0.25, 0.3) is 0 Å². The molecule has 5 heteroatoms. The van der Waals surface area contributed by atoms with Crippen molar-refractivity contribution < 1.29 is 9.47 Å². The first kappa shape index (κ1) is 18.3. The van der Waals surface area contributed by atoms with Crippen molar-refractivity contribution in [2.75, 3.05) is 25.0 Å². The number of rotatable bonds is 10. The lowest BCUT2D eigenvalue weighted by atomic mass is 10.3. The minimum absolute atomic E-state index is 0.167. The fourth-order valence-electron chi connectivity index (χ4n) is 1.92. The molecule has 2 nitrogen and oxygen atoms in total. The van der Waals surface area contributed by atoms with E-state index in [0.717, 1.165) is 11.5 Å². The van der Waals surface area contributed by atoms with Crippen LogP contribution in [0.4, 0.5) is 0 Å². The molecule has 0 aliphatic rings. The molecule has 0 aromatic heterocycles. The average Bonchev–Trinajstić information content (AvgIpc) is 2.63. The smallest absolute Gasteiger partial charge is 0.119 e. The molecule has 0 saturated heterocycles. The summed E-state index contributed by atoms with van der Waals surface area (Å²) in [7, 11) is 0. The lowest BCUT2D eigenvalue weighted by molar-refractivity contribution is 0.315. The Kier molecular flexibility index (Phi) is 8.51. The van der Waals surface area contributed by atoms with Gasteiger partial charge in [-0.15, -0.1) is 35.0 Å². The van der Waals surface area contributed by atoms with Crippen LogP contribution >= 0.6 is 35.0 Å². The number of thioether (sulfide) groups is 1. The molecular formula is C18H20Cl2O2S. The fraction of sp³-hybridized carbons (Fsp3) is 0.333. The first-order valence-corrected chi connectivity index (χ1v) is 9.46. The number of para-hydroxylation sites is 2. The summed E-state index contributed by atoms with van der Waals surface area (Å²) in [6.45, 7) is 1.10. The van der Waals surface area contributed by atoms with Gasteiger partial charge in [-0.05, 0) is 24.3 Å². The van der Waals surface area contributed by atoms with Crippen LogP contribution in [0.25, 0.3) is 0 Å². The van der Waals surface area contributed by atoms with Crippen LogP contribution in [0.2, 0.25) is 0 Å². The molecule has 2 aromatic rings. The Bertz CT molecular complexity index is 490. The summed E-state index contributed by atoms with van der Waals surface area (Å²) >= 11 is 13.8. The number of hydrogen-bond acceptors (Lipinski definition) is 3. The Morgan fingerprint density at radius 3 is 1.43 bits per heavy atom. The van der Waals surface area contributed by atoms with Gasteiger partial charge < -0.3 is 9.47 Å². The van der Waals surface area contributed by atoms with Gasteiger partial charge in [-0.2, -0.15) is 0 Å². The second-order valence-electron chi connectivity index (χ2n) is 4.94. The molecule has 124 valence electrons. The third kappa shape index (κ3) is 6.94. The largest absolute Gasteiger partial charge is 0.492 e. The molecule has 0 saturated carbocycles. The monoisotopic (exact) mass is 370 g/mol. The lowest BCUT2D eigenvalue weighted by Gasteiger charge is -2.21. The molecule has 0 bridgehead atoms. The van der Waals surface area contributed by atoms with Crippen molar-refractivity contribution in [3.8, 4) is 11.5 Å². The van der Waals surface area contributed by atoms with Gasteiger partial charge >= 0.3 is 0 Å². The molecule has 0 spiro atoms. The maximum absolute atomic E-state index is 6.07. The molecule has 0 fully saturated rings. The minimum Gasteiger partial charge on any atom is -0.492 e. The van der Waals surface area contributed by atoms with Gasteiger partial charge in [0.05, 0.1) is 10.5 Å². The van der Waals surface area contributed by atoms with Crippen molar-refractivity contribution >= 4 is 35.0 Å². The van der Waals surface area contributed by atoms with Crippen molar-refractivity contribution in [1.29, 1.82) is 0 Å². The predicted octanol–water partition coefficient (Wildman–Crippen LogP) is 5.09. The third-order valence-electron chi connectivity index (χ3n) is 3.09. The Morgan fingerprint density at radius 1 is 0.696 bits per heavy atom. The molecule has 0 aliphatic carbocycles. The quantitative estimate of drug-likeness (QED) is 0.542. The molecule has 0 radical (unpaired) electrons. The van der Waals surface area contributed by atoms with Gasteiger partial charge in [-0.25, -0.2) is 0 Å². The van der Waals surface area contributed by atoms with E-state index >= 15 is 0 Å². The summed E-state index contributed by atoms with van der Waals surface area (Å²) in [5.41, 5.74) is 0. The second-order valence-corrected chi connectivity index (χ2v) is 7.16. The highest BCUT2D eigenvalue weighted by atomic mass is 35.5. The summed E-state index contributed by atoms with van der Waals surface area (Å²) in [6.07, 6.45) is 0. The number of benzene rings is 2. The molecule has 0 aliphatic heterocycles. The summed E-state index contributed by atoms with van der Waals surface area (Å²) in [5.74, 6) is 2.73. The number of ether oxygens (including phenoxy) is 2. The highest BCUT2D eigenvalue weighted by molar-refractivity contribution is 8.00. The molecule has 0 amide bonds. The zero-order valence-corrected chi connectivity index (χ0v) is 15.1. The molecule has 2 atom stereocenters. The van der Waals surface area contributed by atoms with Gasteiger partial charge in [-0.1, -0.05) is 36.4 Å². The van der Waals surface area contributed by atoms with Crippen molar-refractivity contribution in [2.45, 2.75) is 10.5 Å². The van der Waals surface area contributed by atoms with E-state index in [1.807, 2.05) is 60.7 Å². The SMILES string of the molecule is ClC[C@H](COc1ccccc1)S[C@@H](CCl)COc1ccccc1. The van der Waals surface area contributed by atoms with Gasteiger partial charge in [0.1, 0.15) is 24.7 Å². The van der Waals surface area contributed by atoms with Crippen molar-refractivity contribution in [3.63, 3.8) is 0 Å². The second kappa shape index (κ2) is 10.7. The number of halogens is 2. The van der Waals surface area contributed by atoms with Crippen molar-refractivity contribution in [2.24, 2.45) is 0 Å². The van der Waals surface area contributed by atoms with Gasteiger partial charge in [0.2, 0.25) is 0 Å². The van der Waals surface area contributed by atoms with E-state index in [4.69, 9.17) is 32.7 Å². The number of hydrogen-bond donors (Lipinski definition) is 0. The highest BCUT2D eigenvalue weighted by Crippen LogP contribution is 2.23. The van der Waals surface area contributed by atoms with Crippen LogP contribution in [0.15, 0.2) is 60.7 Å². The van der Waals surface area contributed by atoms with Gasteiger partial charge in [0.15, 0.2) is 0 Å². The van der Waals surface area contributed by atoms with Crippen molar-refractivity contribution in [3.05, 3.63) is 60.7 Å². The van der Waals surface area contributed by atoms with Gasteiger partial charge in [-0.3, -0.25) is 0 Å². The molecule has 0 N–H and O–H groups in total. The molecule has 0 unspecified atom stereocenters. The molecule has 2 aromatic carbocycles. The standard InChI is InChI=1S/C18H20Cl2O2S/c19-11-17(13-21-15-7-3-1-4-8-15)23-18(12-20)14-22-16-9-5-2-6-10-16/h1-10,17-18H,11-14H2/t17-,18+. The summed E-state index contributed by atoms with van der Waals surface area (Å²) < 4.78 is 11.6. The maximum Gasteiger partial charge on any atom is 0.119 e. The summed E-state index contributed by atoms with van der Waals surface area (Å²) in [5, 5.41) is 0.333. The van der Waals surface area contributed by atoms with Crippen LogP contribution in [-0.4, -0.2) is 35.5 Å². The van der Waals surface area contributed by atoms with E-state index in [1.165, 1.54) is 0 Å². The molecular weight excluding hydrogens is 351 g/mol.